The second kappa shape index (κ2) is 50.4. The molecule has 81 heavy (non-hydrogen) atoms. The van der Waals surface area contributed by atoms with Gasteiger partial charge in [0.05, 0.1) is 45.3 Å². The Morgan fingerprint density at radius 3 is 1.65 bits per heavy atom. The lowest BCUT2D eigenvalue weighted by Gasteiger charge is -2.32. The minimum absolute atomic E-state index is 0. The molecule has 1 saturated heterocycles. The zero-order valence-corrected chi connectivity index (χ0v) is 49.1. The van der Waals surface area contributed by atoms with Crippen LogP contribution in [0.25, 0.3) is 0 Å². The van der Waals surface area contributed by atoms with E-state index in [0.29, 0.717) is 116 Å². The van der Waals surface area contributed by atoms with Gasteiger partial charge in [-0.2, -0.15) is 0 Å². The minimum Gasteiger partial charge on any atom is -0.481 e. The summed E-state index contributed by atoms with van der Waals surface area (Å²) in [5, 5.41) is 35.3. The van der Waals surface area contributed by atoms with Crippen LogP contribution in [0.1, 0.15) is 207 Å². The Labute approximate surface area is 482 Å². The van der Waals surface area contributed by atoms with Crippen LogP contribution in [0.5, 0.6) is 0 Å². The fraction of sp³-hybridized carbons (Fsp3) is 0.797. The van der Waals surface area contributed by atoms with Crippen molar-refractivity contribution in [2.24, 2.45) is 11.8 Å². The van der Waals surface area contributed by atoms with Crippen molar-refractivity contribution in [2.45, 2.75) is 213 Å². The number of piperidine rings is 1. The summed E-state index contributed by atoms with van der Waals surface area (Å²) in [5.41, 5.74) is 0.837. The molecule has 0 aromatic carbocycles. The van der Waals surface area contributed by atoms with Crippen molar-refractivity contribution in [3.05, 3.63) is 18.2 Å². The van der Waals surface area contributed by atoms with E-state index in [4.69, 9.17) is 24.1 Å². The van der Waals surface area contributed by atoms with Crippen molar-refractivity contribution in [1.29, 1.82) is 0 Å². The van der Waals surface area contributed by atoms with Crippen LogP contribution in [0.15, 0.2) is 12.5 Å². The van der Waals surface area contributed by atoms with Crippen LogP contribution in [0.2, 0.25) is 0 Å². The number of amides is 4. The number of ether oxygens (including phenoxy) is 4. The molecule has 0 bridgehead atoms. The number of nitrogens with one attached hydrogen (secondary N) is 4. The Balaban J connectivity index is 0.00000159. The monoisotopic (exact) mass is 1150 g/mol. The molecule has 1 aromatic heterocycles. The number of hydrogen-bond acceptors (Lipinski definition) is 14. The summed E-state index contributed by atoms with van der Waals surface area (Å²) in [7, 11) is 0. The average Bonchev–Trinajstić information content (AvgIpc) is 3.97. The SMILES string of the molecule is CC(=O)CCCOCCOCC(=O)NCCOCCOCC(=O)NCCCC[C@H](CC(=O)CCc1cnc[nH]1)C(=O)O.CCC[C@H](NC(=O)C1CCN(C(=O)CCCCCCCCCCCCCCCCCCC(=O)O)CC1)C(=O)O.[HH]. The summed E-state index contributed by atoms with van der Waals surface area (Å²) in [4.78, 5) is 113. The van der Waals surface area contributed by atoms with Crippen molar-refractivity contribution < 1.29 is 78.8 Å². The molecule has 466 valence electrons. The molecule has 1 aliphatic heterocycles. The second-order valence-electron chi connectivity index (χ2n) is 21.1. The summed E-state index contributed by atoms with van der Waals surface area (Å²) < 4.78 is 21.1. The van der Waals surface area contributed by atoms with Crippen LogP contribution in [-0.4, -0.2) is 168 Å². The van der Waals surface area contributed by atoms with E-state index in [-0.39, 0.29) is 95.0 Å². The highest BCUT2D eigenvalue weighted by molar-refractivity contribution is 5.85. The van der Waals surface area contributed by atoms with Gasteiger partial charge in [-0.3, -0.25) is 33.6 Å². The van der Waals surface area contributed by atoms with Crippen molar-refractivity contribution in [2.75, 3.05) is 79.0 Å². The van der Waals surface area contributed by atoms with Gasteiger partial charge in [-0.25, -0.2) is 9.78 Å². The Kier molecular flexibility index (Phi) is 45.9. The highest BCUT2D eigenvalue weighted by Crippen LogP contribution is 2.21. The van der Waals surface area contributed by atoms with Gasteiger partial charge in [-0.1, -0.05) is 110 Å². The van der Waals surface area contributed by atoms with Crippen molar-refractivity contribution in [3.8, 4) is 0 Å². The number of carboxylic acid groups (broad SMARTS) is 3. The molecule has 0 aliphatic carbocycles. The number of carboxylic acids is 3. The van der Waals surface area contributed by atoms with Gasteiger partial charge in [0.15, 0.2) is 0 Å². The first-order chi connectivity index (χ1) is 39.1. The predicted molar refractivity (Wildman–Crippen MR) is 307 cm³/mol. The van der Waals surface area contributed by atoms with E-state index in [2.05, 4.69) is 25.9 Å². The van der Waals surface area contributed by atoms with Crippen LogP contribution in [0, 0.1) is 11.8 Å². The standard InChI is InChI=1S/C31H56N2O6.C28H46N4O10.H2/c1-2-19-27(31(38)39)32-30(37)26-22-24-33(25-23-26)28(34)20-17-15-13-11-9-7-5-3-4-6-8-10-12-14-16-18-21-29(35)36;1-22(33)5-4-11-39-13-15-41-20-27(36)31-10-12-40-14-16-42-19-26(35)30-9-3-2-6-23(28(37)38)17-25(34)8-7-24-18-29-21-32-24;/h26-27H,2-25H2,1H3,(H,32,37)(H,35,36)(H,38,39);18,21,23H,2-17,19-20H2,1H3,(H,29,32)(H,30,35)(H,31,36)(H,37,38);1H/t27-;23-;/m01./s1. The summed E-state index contributed by atoms with van der Waals surface area (Å²) >= 11 is 0. The highest BCUT2D eigenvalue weighted by atomic mass is 16.5. The molecule has 2 atom stereocenters. The quantitative estimate of drug-likeness (QED) is 0.0306. The fourth-order valence-corrected chi connectivity index (χ4v) is 9.10. The molecule has 1 aromatic rings. The maximum Gasteiger partial charge on any atom is 0.326 e. The third-order valence-electron chi connectivity index (χ3n) is 13.9. The zero-order valence-electron chi connectivity index (χ0n) is 49.1. The summed E-state index contributed by atoms with van der Waals surface area (Å²) in [5.74, 6) is -4.13. The maximum atomic E-state index is 12.5. The number of aromatic nitrogens is 2. The van der Waals surface area contributed by atoms with E-state index in [1.807, 2.05) is 11.8 Å². The Hall–Kier alpha value is -5.32. The largest absolute Gasteiger partial charge is 0.481 e. The number of aryl methyl sites for hydroxylation is 1. The van der Waals surface area contributed by atoms with Crippen LogP contribution < -0.4 is 16.0 Å². The van der Waals surface area contributed by atoms with Crippen molar-refractivity contribution >= 4 is 53.1 Å². The number of unbranched alkanes of at least 4 members (excludes halogenated alkanes) is 16. The van der Waals surface area contributed by atoms with Crippen molar-refractivity contribution in [1.82, 2.24) is 30.8 Å². The molecule has 2 heterocycles. The van der Waals surface area contributed by atoms with Gasteiger partial charge in [-0.15, -0.1) is 0 Å². The molecule has 0 spiro atoms. The molecular weight excluding hydrogens is 1050 g/mol. The topological polar surface area (TPSA) is 319 Å². The second-order valence-corrected chi connectivity index (χ2v) is 21.1. The lowest BCUT2D eigenvalue weighted by atomic mass is 9.94. The molecule has 0 radical (unpaired) electrons. The van der Waals surface area contributed by atoms with Gasteiger partial charge in [-0.05, 0) is 64.7 Å². The van der Waals surface area contributed by atoms with Crippen LogP contribution in [0.4, 0.5) is 0 Å². The number of aliphatic carboxylic acids is 3. The number of carbonyl (C=O) groups excluding carboxylic acids is 6. The van der Waals surface area contributed by atoms with Gasteiger partial charge < -0.3 is 64.9 Å². The molecule has 22 nitrogen and oxygen atoms in total. The van der Waals surface area contributed by atoms with Gasteiger partial charge in [0.25, 0.3) is 0 Å². The average molecular weight is 1150 g/mol. The number of likely N-dealkylation sites (tertiary alicyclic amines) is 1. The molecule has 1 fully saturated rings. The lowest BCUT2D eigenvalue weighted by molar-refractivity contribution is -0.144. The normalized spacial score (nSPS) is 13.1. The number of imidazole rings is 1. The number of H-pyrrole nitrogens is 1. The number of ketones is 2. The van der Waals surface area contributed by atoms with Crippen LogP contribution in [-0.2, 0) is 68.5 Å². The zero-order chi connectivity index (χ0) is 59.6. The van der Waals surface area contributed by atoms with Crippen molar-refractivity contribution in [3.63, 3.8) is 0 Å². The summed E-state index contributed by atoms with van der Waals surface area (Å²) in [6.07, 6.45) is 29.0. The van der Waals surface area contributed by atoms with Crippen LogP contribution >= 0.6 is 0 Å². The van der Waals surface area contributed by atoms with E-state index < -0.39 is 29.9 Å². The summed E-state index contributed by atoms with van der Waals surface area (Å²) in [6, 6.07) is -0.821. The third kappa shape index (κ3) is 44.0. The van der Waals surface area contributed by atoms with E-state index in [1.165, 1.54) is 83.9 Å². The highest BCUT2D eigenvalue weighted by Gasteiger charge is 2.30. The number of nitrogens with zero attached hydrogens (tertiary/aromatic N) is 2. The molecule has 4 amide bonds. The Morgan fingerprint density at radius 1 is 0.617 bits per heavy atom. The fourth-order valence-electron chi connectivity index (χ4n) is 9.10. The molecule has 0 saturated carbocycles. The van der Waals surface area contributed by atoms with Gasteiger partial charge >= 0.3 is 17.9 Å². The minimum atomic E-state index is -0.989. The number of carbonyl (C=O) groups is 9. The van der Waals surface area contributed by atoms with E-state index >= 15 is 0 Å². The number of aromatic amines is 1. The number of rotatable bonds is 52. The molecule has 7 N–H and O–H groups in total. The molecule has 22 heteroatoms. The third-order valence-corrected chi connectivity index (χ3v) is 13.9. The van der Waals surface area contributed by atoms with E-state index in [0.717, 1.165) is 37.8 Å². The van der Waals surface area contributed by atoms with Gasteiger partial charge in [0.2, 0.25) is 23.6 Å². The van der Waals surface area contributed by atoms with Gasteiger partial charge in [0.1, 0.15) is 30.8 Å². The number of hydrogen-bond donors (Lipinski definition) is 7. The Morgan fingerprint density at radius 2 is 1.15 bits per heavy atom. The molecule has 2 rings (SSSR count). The molecular formula is C59H104N6O16. The first kappa shape index (κ1) is 73.7. The van der Waals surface area contributed by atoms with E-state index in [9.17, 15) is 53.4 Å². The van der Waals surface area contributed by atoms with Crippen LogP contribution in [0.3, 0.4) is 0 Å². The predicted octanol–water partition coefficient (Wildman–Crippen LogP) is 7.79. The first-order valence-electron chi connectivity index (χ1n) is 30.2. The van der Waals surface area contributed by atoms with Gasteiger partial charge in [0, 0.05) is 84.1 Å². The molecule has 1 aliphatic rings. The summed E-state index contributed by atoms with van der Waals surface area (Å²) in [6.45, 7) is 6.98. The smallest absolute Gasteiger partial charge is 0.326 e. The lowest BCUT2D eigenvalue weighted by Crippen LogP contribution is -2.47. The first-order valence-corrected chi connectivity index (χ1v) is 30.2. The maximum absolute atomic E-state index is 12.5. The van der Waals surface area contributed by atoms with E-state index in [1.54, 1.807) is 6.20 Å². The molecule has 0 unspecified atom stereocenters. The number of Topliss-reactive ketones (excluding diaryl/α,β-unsaturated/α-hetero) is 2. The Bertz CT molecular complexity index is 1870.